The van der Waals surface area contributed by atoms with Gasteiger partial charge in [-0.05, 0) is 6.92 Å². The first-order chi connectivity index (χ1) is 7.01. The molecule has 0 rings (SSSR count). The van der Waals surface area contributed by atoms with Gasteiger partial charge in [0.1, 0.15) is 0 Å². The highest BCUT2D eigenvalue weighted by Crippen LogP contribution is 2.06. The molecule has 5 nitrogen and oxygen atoms in total. The van der Waals surface area contributed by atoms with E-state index in [0.717, 1.165) is 6.08 Å². The molecule has 1 unspecified atom stereocenters. The van der Waals surface area contributed by atoms with E-state index in [1.807, 2.05) is 0 Å². The average Bonchev–Trinajstić information content (AvgIpc) is 2.17. The second-order valence-electron chi connectivity index (χ2n) is 2.85. The van der Waals surface area contributed by atoms with Gasteiger partial charge in [-0.25, -0.2) is 4.79 Å². The molecule has 0 aromatic rings. The second-order valence-corrected chi connectivity index (χ2v) is 2.85. The minimum absolute atomic E-state index is 0. The summed E-state index contributed by atoms with van der Waals surface area (Å²) in [5.74, 6) is -2.69. The van der Waals surface area contributed by atoms with E-state index in [1.54, 1.807) is 6.92 Å². The molecule has 0 radical (unpaired) electrons. The fraction of sp³-hybridized carbons (Fsp3) is 0.500. The summed E-state index contributed by atoms with van der Waals surface area (Å²) >= 11 is 0. The standard InChI is InChI=1S/C10H14O5/c1-4-8(11)15-9(12)6-7(3)10(13)14-5-2/h4,7H,1,5-6H2,2-3H3/p+1. The van der Waals surface area contributed by atoms with Crippen LogP contribution >= 0.6 is 0 Å². The summed E-state index contributed by atoms with van der Waals surface area (Å²) in [6.07, 6.45) is 0.700. The molecule has 0 heterocycles. The highest BCUT2D eigenvalue weighted by molar-refractivity contribution is 5.92. The molecule has 15 heavy (non-hydrogen) atoms. The Morgan fingerprint density at radius 2 is 2.07 bits per heavy atom. The van der Waals surface area contributed by atoms with E-state index < -0.39 is 23.8 Å². The Morgan fingerprint density at radius 1 is 1.47 bits per heavy atom. The fourth-order valence-electron chi connectivity index (χ4n) is 0.813. The maximum absolute atomic E-state index is 11.1. The normalized spacial score (nSPS) is 11.3. The molecular formula is C10H15O5+. The summed E-state index contributed by atoms with van der Waals surface area (Å²) in [4.78, 5) is 32.8. The Hall–Kier alpha value is -1.65. The maximum atomic E-state index is 11.1. The van der Waals surface area contributed by atoms with Gasteiger partial charge in [0.15, 0.2) is 0 Å². The van der Waals surface area contributed by atoms with Gasteiger partial charge < -0.3 is 9.47 Å². The number of esters is 3. The quantitative estimate of drug-likeness (QED) is 0.388. The lowest BCUT2D eigenvalue weighted by Gasteiger charge is -2.08. The van der Waals surface area contributed by atoms with E-state index in [9.17, 15) is 14.4 Å². The van der Waals surface area contributed by atoms with Crippen molar-refractivity contribution in [1.29, 1.82) is 0 Å². The predicted molar refractivity (Wildman–Crippen MR) is 52.8 cm³/mol. The molecule has 1 atom stereocenters. The molecule has 0 amide bonds. The maximum Gasteiger partial charge on any atom is 1.00 e. The molecule has 0 spiro atoms. The van der Waals surface area contributed by atoms with Crippen molar-refractivity contribution < 1.29 is 25.3 Å². The van der Waals surface area contributed by atoms with Gasteiger partial charge in [-0.3, -0.25) is 9.59 Å². The van der Waals surface area contributed by atoms with E-state index in [2.05, 4.69) is 16.1 Å². The second kappa shape index (κ2) is 6.75. The Balaban J connectivity index is 0. The third kappa shape index (κ3) is 5.61. The summed E-state index contributed by atoms with van der Waals surface area (Å²) in [7, 11) is 0. The van der Waals surface area contributed by atoms with E-state index >= 15 is 0 Å². The SMILES string of the molecule is C=CC(=O)OC(=O)CC(C)C(=O)OCC.[H+]. The lowest BCUT2D eigenvalue weighted by molar-refractivity contribution is -0.160. The number of hydrogen-bond acceptors (Lipinski definition) is 5. The Kier molecular flexibility index (Phi) is 6.01. The molecule has 0 aliphatic carbocycles. The van der Waals surface area contributed by atoms with Crippen LogP contribution < -0.4 is 0 Å². The van der Waals surface area contributed by atoms with Gasteiger partial charge in [0, 0.05) is 6.08 Å². The molecule has 0 bridgehead atoms. The largest absolute Gasteiger partial charge is 1.00 e. The van der Waals surface area contributed by atoms with Gasteiger partial charge in [0.2, 0.25) is 0 Å². The van der Waals surface area contributed by atoms with Gasteiger partial charge in [-0.15, -0.1) is 0 Å². The number of rotatable bonds is 5. The van der Waals surface area contributed by atoms with Crippen LogP contribution in [0.4, 0.5) is 0 Å². The van der Waals surface area contributed by atoms with Crippen LogP contribution in [0.1, 0.15) is 21.7 Å². The van der Waals surface area contributed by atoms with Crippen molar-refractivity contribution in [2.75, 3.05) is 6.61 Å². The van der Waals surface area contributed by atoms with Crippen LogP contribution in [0.25, 0.3) is 0 Å². The first-order valence-corrected chi connectivity index (χ1v) is 4.55. The summed E-state index contributed by atoms with van der Waals surface area (Å²) < 4.78 is 8.98. The van der Waals surface area contributed by atoms with Crippen molar-refractivity contribution in [2.24, 2.45) is 5.92 Å². The number of carbonyl (C=O) groups is 3. The number of hydrogen-bond donors (Lipinski definition) is 0. The molecule has 84 valence electrons. The van der Waals surface area contributed by atoms with Gasteiger partial charge in [0.05, 0.1) is 18.9 Å². The lowest BCUT2D eigenvalue weighted by atomic mass is 10.1. The van der Waals surface area contributed by atoms with Crippen molar-refractivity contribution >= 4 is 17.9 Å². The summed E-state index contributed by atoms with van der Waals surface area (Å²) in [6, 6.07) is 0. The Bertz CT molecular complexity index is 274. The Labute approximate surface area is 89.5 Å². The third-order valence-electron chi connectivity index (χ3n) is 1.54. The zero-order valence-corrected chi connectivity index (χ0v) is 8.82. The van der Waals surface area contributed by atoms with Crippen molar-refractivity contribution in [1.82, 2.24) is 0 Å². The predicted octanol–water partition coefficient (Wildman–Crippen LogP) is 0.944. The van der Waals surface area contributed by atoms with Crippen LogP contribution in [-0.4, -0.2) is 24.5 Å². The molecule has 0 aliphatic rings. The first-order valence-electron chi connectivity index (χ1n) is 4.55. The van der Waals surface area contributed by atoms with Crippen LogP contribution in [0, 0.1) is 5.92 Å². The zero-order chi connectivity index (χ0) is 11.8. The lowest BCUT2D eigenvalue weighted by Crippen LogP contribution is -2.20. The van der Waals surface area contributed by atoms with Gasteiger partial charge in [-0.2, -0.15) is 0 Å². The van der Waals surface area contributed by atoms with Gasteiger partial charge in [0.25, 0.3) is 0 Å². The summed E-state index contributed by atoms with van der Waals surface area (Å²) in [5.41, 5.74) is 0. The Morgan fingerprint density at radius 3 is 2.53 bits per heavy atom. The molecule has 0 aliphatic heterocycles. The monoisotopic (exact) mass is 215 g/mol. The van der Waals surface area contributed by atoms with Crippen molar-refractivity contribution in [3.63, 3.8) is 0 Å². The molecule has 5 heteroatoms. The molecular weight excluding hydrogens is 200 g/mol. The zero-order valence-electron chi connectivity index (χ0n) is 9.82. The molecule has 0 fully saturated rings. The third-order valence-corrected chi connectivity index (χ3v) is 1.54. The van der Waals surface area contributed by atoms with Crippen LogP contribution in [0.2, 0.25) is 0 Å². The summed E-state index contributed by atoms with van der Waals surface area (Å²) in [5, 5.41) is 0. The van der Waals surface area contributed by atoms with E-state index in [0.29, 0.717) is 0 Å². The molecule has 0 aromatic heterocycles. The highest BCUT2D eigenvalue weighted by atomic mass is 16.6. The topological polar surface area (TPSA) is 69.7 Å². The van der Waals surface area contributed by atoms with Crippen LogP contribution in [0.5, 0.6) is 0 Å². The van der Waals surface area contributed by atoms with Crippen LogP contribution in [0.3, 0.4) is 0 Å². The number of carbonyl (C=O) groups excluding carboxylic acids is 3. The minimum atomic E-state index is -0.823. The van der Waals surface area contributed by atoms with E-state index in [1.165, 1.54) is 6.92 Å². The van der Waals surface area contributed by atoms with E-state index in [4.69, 9.17) is 0 Å². The van der Waals surface area contributed by atoms with Crippen LogP contribution in [0.15, 0.2) is 12.7 Å². The first kappa shape index (κ1) is 13.4. The smallest absolute Gasteiger partial charge is 0.466 e. The average molecular weight is 215 g/mol. The van der Waals surface area contributed by atoms with Crippen LogP contribution in [-0.2, 0) is 23.9 Å². The molecule has 0 saturated carbocycles. The van der Waals surface area contributed by atoms with Crippen molar-refractivity contribution in [3.8, 4) is 0 Å². The summed E-state index contributed by atoms with van der Waals surface area (Å²) in [6.45, 7) is 6.59. The van der Waals surface area contributed by atoms with Crippen molar-refractivity contribution in [3.05, 3.63) is 12.7 Å². The number of ether oxygens (including phenoxy) is 2. The fourth-order valence-corrected chi connectivity index (χ4v) is 0.813. The highest BCUT2D eigenvalue weighted by Gasteiger charge is 2.19. The van der Waals surface area contributed by atoms with Crippen molar-refractivity contribution in [2.45, 2.75) is 20.3 Å². The molecule has 0 N–H and O–H groups in total. The van der Waals surface area contributed by atoms with Gasteiger partial charge >= 0.3 is 19.3 Å². The van der Waals surface area contributed by atoms with E-state index in [-0.39, 0.29) is 14.5 Å². The van der Waals surface area contributed by atoms with Gasteiger partial charge in [-0.1, -0.05) is 13.5 Å². The molecule has 0 aromatic carbocycles. The minimum Gasteiger partial charge on any atom is -0.466 e. The molecule has 0 saturated heterocycles.